The first-order chi connectivity index (χ1) is 12.1. The monoisotopic (exact) mass is 376 g/mol. The van der Waals surface area contributed by atoms with E-state index in [2.05, 4.69) is 10.4 Å². The molecule has 1 atom stereocenters. The smallest absolute Gasteiger partial charge is 0.273 e. The summed E-state index contributed by atoms with van der Waals surface area (Å²) in [7, 11) is -1.02. The van der Waals surface area contributed by atoms with Gasteiger partial charge in [-0.1, -0.05) is 6.07 Å². The summed E-state index contributed by atoms with van der Waals surface area (Å²) >= 11 is 0. The second-order valence-electron chi connectivity index (χ2n) is 7.25. The van der Waals surface area contributed by atoms with Crippen molar-refractivity contribution in [3.05, 3.63) is 50.7 Å². The Bertz CT molecular complexity index is 943. The van der Waals surface area contributed by atoms with Crippen LogP contribution in [0.15, 0.2) is 18.2 Å². The molecule has 2 heterocycles. The van der Waals surface area contributed by atoms with Gasteiger partial charge in [-0.3, -0.25) is 19.1 Å². The number of nitrogens with zero attached hydrogens (tertiary/aromatic N) is 3. The van der Waals surface area contributed by atoms with Gasteiger partial charge in [0.25, 0.3) is 11.6 Å². The van der Waals surface area contributed by atoms with Crippen LogP contribution in [0.3, 0.4) is 0 Å². The van der Waals surface area contributed by atoms with E-state index in [1.807, 2.05) is 20.8 Å². The SMILES string of the molecule is Cc1c(C(=O)Nc2c3c(nn2C(C)(C)C)CS(=O)C3)cccc1[N+](=O)[O-]. The van der Waals surface area contributed by atoms with Gasteiger partial charge >= 0.3 is 0 Å². The summed E-state index contributed by atoms with van der Waals surface area (Å²) in [5.41, 5.74) is 1.55. The van der Waals surface area contributed by atoms with Crippen molar-refractivity contribution in [3.8, 4) is 0 Å². The summed E-state index contributed by atoms with van der Waals surface area (Å²) in [6.07, 6.45) is 0. The standard InChI is InChI=1S/C17H20N4O4S/c1-10-11(6-5-7-14(10)21(23)24)16(22)18-15-12-8-26(25)9-13(12)19-20(15)17(2,3)4/h5-7H,8-9H2,1-4H3,(H,18,22). The maximum absolute atomic E-state index is 12.8. The molecule has 0 radical (unpaired) electrons. The molecule has 0 saturated carbocycles. The summed E-state index contributed by atoms with van der Waals surface area (Å²) in [5, 5.41) is 18.5. The molecule has 138 valence electrons. The Hall–Kier alpha value is -2.55. The van der Waals surface area contributed by atoms with E-state index < -0.39 is 21.6 Å². The molecule has 8 nitrogen and oxygen atoms in total. The van der Waals surface area contributed by atoms with Gasteiger partial charge in [-0.2, -0.15) is 5.10 Å². The topological polar surface area (TPSA) is 107 Å². The van der Waals surface area contributed by atoms with E-state index >= 15 is 0 Å². The van der Waals surface area contributed by atoms with Crippen LogP contribution in [0.4, 0.5) is 11.5 Å². The van der Waals surface area contributed by atoms with E-state index in [4.69, 9.17) is 0 Å². The minimum atomic E-state index is -1.02. The third-order valence-electron chi connectivity index (χ3n) is 4.28. The van der Waals surface area contributed by atoms with Crippen molar-refractivity contribution in [2.75, 3.05) is 5.32 Å². The number of nitro benzene ring substituents is 1. The van der Waals surface area contributed by atoms with Crippen molar-refractivity contribution in [1.82, 2.24) is 9.78 Å². The number of rotatable bonds is 3. The van der Waals surface area contributed by atoms with Crippen LogP contribution in [0.5, 0.6) is 0 Å². The number of benzene rings is 1. The van der Waals surface area contributed by atoms with E-state index in [1.165, 1.54) is 12.1 Å². The number of aromatic nitrogens is 2. The zero-order valence-electron chi connectivity index (χ0n) is 15.0. The quantitative estimate of drug-likeness (QED) is 0.655. The minimum Gasteiger partial charge on any atom is -0.306 e. The van der Waals surface area contributed by atoms with Gasteiger partial charge in [-0.15, -0.1) is 0 Å². The van der Waals surface area contributed by atoms with Crippen LogP contribution in [-0.2, 0) is 27.8 Å². The lowest BCUT2D eigenvalue weighted by molar-refractivity contribution is -0.385. The Kier molecular flexibility index (Phi) is 4.43. The Balaban J connectivity index is 2.02. The zero-order chi connectivity index (χ0) is 19.2. The molecule has 1 aromatic carbocycles. The highest BCUT2D eigenvalue weighted by atomic mass is 32.2. The summed E-state index contributed by atoms with van der Waals surface area (Å²) in [5.74, 6) is 0.776. The maximum Gasteiger partial charge on any atom is 0.273 e. The molecular formula is C17H20N4O4S. The predicted molar refractivity (Wildman–Crippen MR) is 98.6 cm³/mol. The lowest BCUT2D eigenvalue weighted by Gasteiger charge is -2.23. The van der Waals surface area contributed by atoms with Crippen molar-refractivity contribution in [2.45, 2.75) is 44.7 Å². The predicted octanol–water partition coefficient (Wildman–Crippen LogP) is 2.87. The first kappa shape index (κ1) is 18.2. The minimum absolute atomic E-state index is 0.103. The normalized spacial score (nSPS) is 16.4. The molecule has 1 N–H and O–H groups in total. The van der Waals surface area contributed by atoms with Crippen molar-refractivity contribution in [2.24, 2.45) is 0 Å². The largest absolute Gasteiger partial charge is 0.306 e. The van der Waals surface area contributed by atoms with Gasteiger partial charge in [0.1, 0.15) is 5.82 Å². The number of carbonyl (C=O) groups is 1. The van der Waals surface area contributed by atoms with Gasteiger partial charge < -0.3 is 5.32 Å². The molecule has 1 aromatic heterocycles. The van der Waals surface area contributed by atoms with Crippen molar-refractivity contribution in [3.63, 3.8) is 0 Å². The molecule has 0 spiro atoms. The highest BCUT2D eigenvalue weighted by Crippen LogP contribution is 2.33. The van der Waals surface area contributed by atoms with Gasteiger partial charge in [-0.05, 0) is 33.8 Å². The summed E-state index contributed by atoms with van der Waals surface area (Å²) in [4.78, 5) is 23.4. The van der Waals surface area contributed by atoms with Crippen molar-refractivity contribution < 1.29 is 13.9 Å². The Morgan fingerprint density at radius 2 is 2.04 bits per heavy atom. The van der Waals surface area contributed by atoms with E-state index in [0.717, 1.165) is 11.3 Å². The molecule has 0 fully saturated rings. The number of nitro groups is 1. The van der Waals surface area contributed by atoms with Crippen LogP contribution in [0.25, 0.3) is 0 Å². The number of carbonyl (C=O) groups excluding carboxylic acids is 1. The molecule has 1 unspecified atom stereocenters. The molecule has 1 amide bonds. The van der Waals surface area contributed by atoms with E-state index in [9.17, 15) is 19.1 Å². The number of anilines is 1. The Labute approximate surface area is 153 Å². The molecule has 9 heteroatoms. The molecule has 1 aliphatic rings. The molecular weight excluding hydrogens is 356 g/mol. The second kappa shape index (κ2) is 6.31. The fourth-order valence-corrected chi connectivity index (χ4v) is 4.25. The first-order valence-electron chi connectivity index (χ1n) is 8.11. The molecule has 3 rings (SSSR count). The van der Waals surface area contributed by atoms with Gasteiger partial charge in [0.05, 0.1) is 27.7 Å². The molecule has 1 aliphatic heterocycles. The molecule has 26 heavy (non-hydrogen) atoms. The molecule has 0 saturated heterocycles. The third-order valence-corrected chi connectivity index (χ3v) is 5.49. The van der Waals surface area contributed by atoms with E-state index in [1.54, 1.807) is 17.7 Å². The molecule has 0 bridgehead atoms. The van der Waals surface area contributed by atoms with Gasteiger partial charge in [0.15, 0.2) is 0 Å². The lowest BCUT2D eigenvalue weighted by atomic mass is 10.1. The van der Waals surface area contributed by atoms with Gasteiger partial charge in [0.2, 0.25) is 0 Å². The van der Waals surface area contributed by atoms with Gasteiger partial charge in [0, 0.05) is 33.6 Å². The molecule has 2 aromatic rings. The molecule has 0 aliphatic carbocycles. The van der Waals surface area contributed by atoms with Crippen LogP contribution in [0.2, 0.25) is 0 Å². The highest BCUT2D eigenvalue weighted by Gasteiger charge is 2.32. The summed E-state index contributed by atoms with van der Waals surface area (Å²) in [6, 6.07) is 4.40. The van der Waals surface area contributed by atoms with Crippen LogP contribution in [0, 0.1) is 17.0 Å². The number of hydrogen-bond donors (Lipinski definition) is 1. The highest BCUT2D eigenvalue weighted by molar-refractivity contribution is 7.83. The van der Waals surface area contributed by atoms with Crippen LogP contribution < -0.4 is 5.32 Å². The third kappa shape index (κ3) is 3.14. The van der Waals surface area contributed by atoms with E-state index in [0.29, 0.717) is 22.9 Å². The van der Waals surface area contributed by atoms with Crippen molar-refractivity contribution in [1.29, 1.82) is 0 Å². The fourth-order valence-electron chi connectivity index (χ4n) is 2.98. The number of hydrogen-bond acceptors (Lipinski definition) is 5. The zero-order valence-corrected chi connectivity index (χ0v) is 15.8. The number of amides is 1. The Morgan fingerprint density at radius 1 is 1.35 bits per heavy atom. The first-order valence-corrected chi connectivity index (χ1v) is 9.60. The average Bonchev–Trinajstić information content (AvgIpc) is 3.04. The number of fused-ring (bicyclic) bond motifs is 1. The van der Waals surface area contributed by atoms with E-state index in [-0.39, 0.29) is 16.8 Å². The Morgan fingerprint density at radius 3 is 2.65 bits per heavy atom. The number of nitrogens with one attached hydrogen (secondary N) is 1. The van der Waals surface area contributed by atoms with Gasteiger partial charge in [-0.25, -0.2) is 4.68 Å². The average molecular weight is 376 g/mol. The lowest BCUT2D eigenvalue weighted by Crippen LogP contribution is -2.27. The fraction of sp³-hybridized carbons (Fsp3) is 0.412. The van der Waals surface area contributed by atoms with Crippen LogP contribution >= 0.6 is 0 Å². The van der Waals surface area contributed by atoms with Crippen LogP contribution in [0.1, 0.15) is 48.0 Å². The second-order valence-corrected chi connectivity index (χ2v) is 8.70. The summed E-state index contributed by atoms with van der Waals surface area (Å²) in [6.45, 7) is 7.43. The maximum atomic E-state index is 12.8. The summed E-state index contributed by atoms with van der Waals surface area (Å²) < 4.78 is 13.6. The van der Waals surface area contributed by atoms with Crippen LogP contribution in [-0.4, -0.2) is 24.8 Å². The van der Waals surface area contributed by atoms with Crippen molar-refractivity contribution >= 4 is 28.2 Å².